The maximum absolute atomic E-state index is 13.0. The lowest BCUT2D eigenvalue weighted by atomic mass is 10.3. The van der Waals surface area contributed by atoms with Gasteiger partial charge in [-0.25, -0.2) is 18.4 Å². The Labute approximate surface area is 185 Å². The fourth-order valence-electron chi connectivity index (χ4n) is 2.96. The van der Waals surface area contributed by atoms with Gasteiger partial charge in [0.1, 0.15) is 5.75 Å². The Morgan fingerprint density at radius 1 is 0.903 bits per heavy atom. The lowest BCUT2D eigenvalue weighted by Crippen LogP contribution is -2.16. The molecule has 0 spiro atoms. The van der Waals surface area contributed by atoms with E-state index >= 15 is 0 Å². The molecule has 2 N–H and O–H groups in total. The van der Waals surface area contributed by atoms with E-state index in [0.29, 0.717) is 34.1 Å². The van der Waals surface area contributed by atoms with Crippen LogP contribution < -0.4 is 14.8 Å². The van der Waals surface area contributed by atoms with E-state index in [9.17, 15) is 8.42 Å². The third-order valence-electron chi connectivity index (χ3n) is 4.35. The average molecular weight is 455 g/mol. The third kappa shape index (κ3) is 4.70. The van der Waals surface area contributed by atoms with Crippen LogP contribution >= 0.6 is 11.6 Å². The van der Waals surface area contributed by atoms with Gasteiger partial charge in [-0.1, -0.05) is 41.9 Å². The Morgan fingerprint density at radius 3 is 2.29 bits per heavy atom. The Bertz CT molecular complexity index is 1350. The van der Waals surface area contributed by atoms with Crippen molar-refractivity contribution in [2.45, 2.75) is 11.8 Å². The first-order valence-electron chi connectivity index (χ1n) is 9.50. The molecule has 0 radical (unpaired) electrons. The van der Waals surface area contributed by atoms with Gasteiger partial charge in [-0.2, -0.15) is 0 Å². The van der Waals surface area contributed by atoms with Gasteiger partial charge >= 0.3 is 0 Å². The number of hydrogen-bond donors (Lipinski definition) is 2. The van der Waals surface area contributed by atoms with Crippen molar-refractivity contribution < 1.29 is 13.2 Å². The number of sulfonamides is 1. The number of anilines is 3. The standard InChI is InChI=1S/C22H19ClN4O3S/c1-2-30-20-13-6-5-12-19(20)26-21-22(25-18-11-4-3-10-17(18)24-21)27-31(28,29)16-9-7-8-15(23)14-16/h3-14H,2H2,1H3,(H,24,26)(H,25,27). The molecule has 4 aromatic rings. The van der Waals surface area contributed by atoms with Gasteiger partial charge in [-0.05, 0) is 49.4 Å². The van der Waals surface area contributed by atoms with E-state index in [1.165, 1.54) is 12.1 Å². The minimum Gasteiger partial charge on any atom is -0.492 e. The zero-order valence-corrected chi connectivity index (χ0v) is 18.1. The number of rotatable bonds is 7. The molecule has 4 rings (SSSR count). The normalized spacial score (nSPS) is 11.3. The molecule has 1 aromatic heterocycles. The minimum absolute atomic E-state index is 0.0237. The number of fused-ring (bicyclic) bond motifs is 1. The molecule has 158 valence electrons. The van der Waals surface area contributed by atoms with Crippen LogP contribution in [0.4, 0.5) is 17.3 Å². The van der Waals surface area contributed by atoms with E-state index in [1.807, 2.05) is 43.3 Å². The Balaban J connectivity index is 1.79. The summed E-state index contributed by atoms with van der Waals surface area (Å²) < 4.78 is 34.1. The molecule has 0 aliphatic heterocycles. The summed E-state index contributed by atoms with van der Waals surface area (Å²) in [4.78, 5) is 9.10. The molecule has 0 fully saturated rings. The van der Waals surface area contributed by atoms with E-state index < -0.39 is 10.0 Å². The molecule has 1 heterocycles. The zero-order valence-electron chi connectivity index (χ0n) is 16.5. The molecule has 7 nitrogen and oxygen atoms in total. The van der Waals surface area contributed by atoms with Crippen molar-refractivity contribution in [3.63, 3.8) is 0 Å². The summed E-state index contributed by atoms with van der Waals surface area (Å²) in [6, 6.07) is 20.5. The van der Waals surface area contributed by atoms with Crippen LogP contribution in [0.25, 0.3) is 11.0 Å². The molecule has 0 aliphatic rings. The molecule has 0 bridgehead atoms. The number of benzene rings is 3. The second kappa shape index (κ2) is 8.79. The summed E-state index contributed by atoms with van der Waals surface area (Å²) >= 11 is 5.97. The molecule has 0 atom stereocenters. The van der Waals surface area contributed by atoms with Crippen LogP contribution in [0.15, 0.2) is 77.7 Å². The maximum Gasteiger partial charge on any atom is 0.263 e. The highest BCUT2D eigenvalue weighted by Crippen LogP contribution is 2.31. The number of aromatic nitrogens is 2. The summed E-state index contributed by atoms with van der Waals surface area (Å²) in [6.07, 6.45) is 0. The predicted molar refractivity (Wildman–Crippen MR) is 123 cm³/mol. The second-order valence-electron chi connectivity index (χ2n) is 6.53. The van der Waals surface area contributed by atoms with Gasteiger partial charge in [0.2, 0.25) is 0 Å². The van der Waals surface area contributed by atoms with Crippen LogP contribution in [-0.2, 0) is 10.0 Å². The van der Waals surface area contributed by atoms with Crippen LogP contribution in [-0.4, -0.2) is 25.0 Å². The van der Waals surface area contributed by atoms with Gasteiger partial charge in [0, 0.05) is 5.02 Å². The van der Waals surface area contributed by atoms with Gasteiger partial charge in [0.05, 0.1) is 28.2 Å². The molecule has 3 aromatic carbocycles. The van der Waals surface area contributed by atoms with Crippen LogP contribution in [0.5, 0.6) is 5.75 Å². The summed E-state index contributed by atoms with van der Waals surface area (Å²) in [5.41, 5.74) is 1.80. The van der Waals surface area contributed by atoms with Gasteiger partial charge < -0.3 is 10.1 Å². The topological polar surface area (TPSA) is 93.2 Å². The van der Waals surface area contributed by atoms with E-state index in [1.54, 1.807) is 24.3 Å². The average Bonchev–Trinajstić information content (AvgIpc) is 2.75. The number of para-hydroxylation sites is 4. The van der Waals surface area contributed by atoms with E-state index in [0.717, 1.165) is 0 Å². The molecule has 0 saturated heterocycles. The lowest BCUT2D eigenvalue weighted by molar-refractivity contribution is 0.342. The highest BCUT2D eigenvalue weighted by Gasteiger charge is 2.20. The number of ether oxygens (including phenoxy) is 1. The highest BCUT2D eigenvalue weighted by molar-refractivity contribution is 7.92. The Morgan fingerprint density at radius 2 is 1.58 bits per heavy atom. The monoisotopic (exact) mass is 454 g/mol. The first kappa shape index (κ1) is 20.9. The van der Waals surface area contributed by atoms with Crippen LogP contribution in [0.1, 0.15) is 6.92 Å². The molecule has 0 amide bonds. The van der Waals surface area contributed by atoms with Gasteiger partial charge in [-0.15, -0.1) is 0 Å². The molecule has 0 aliphatic carbocycles. The molecule has 0 saturated carbocycles. The summed E-state index contributed by atoms with van der Waals surface area (Å²) in [5.74, 6) is 0.921. The van der Waals surface area contributed by atoms with Crippen molar-refractivity contribution in [3.8, 4) is 5.75 Å². The van der Waals surface area contributed by atoms with E-state index in [2.05, 4.69) is 20.0 Å². The summed E-state index contributed by atoms with van der Waals surface area (Å²) in [5, 5.41) is 3.47. The number of nitrogens with zero attached hydrogens (tertiary/aromatic N) is 2. The van der Waals surface area contributed by atoms with Gasteiger partial charge in [-0.3, -0.25) is 4.72 Å². The summed E-state index contributed by atoms with van der Waals surface area (Å²) in [6.45, 7) is 2.37. The maximum atomic E-state index is 13.0. The minimum atomic E-state index is -3.95. The zero-order chi connectivity index (χ0) is 21.8. The van der Waals surface area contributed by atoms with E-state index in [-0.39, 0.29) is 16.5 Å². The smallest absolute Gasteiger partial charge is 0.263 e. The van der Waals surface area contributed by atoms with Crippen LogP contribution in [0, 0.1) is 0 Å². The summed E-state index contributed by atoms with van der Waals surface area (Å²) in [7, 11) is -3.95. The highest BCUT2D eigenvalue weighted by atomic mass is 35.5. The lowest BCUT2D eigenvalue weighted by Gasteiger charge is -2.16. The largest absolute Gasteiger partial charge is 0.492 e. The third-order valence-corrected chi connectivity index (χ3v) is 5.92. The van der Waals surface area contributed by atoms with Crippen LogP contribution in [0.3, 0.4) is 0 Å². The Hall–Kier alpha value is -3.36. The first-order valence-corrected chi connectivity index (χ1v) is 11.4. The van der Waals surface area contributed by atoms with Crippen molar-refractivity contribution in [1.29, 1.82) is 0 Å². The number of halogens is 1. The van der Waals surface area contributed by atoms with E-state index in [4.69, 9.17) is 16.3 Å². The number of hydrogen-bond acceptors (Lipinski definition) is 6. The van der Waals surface area contributed by atoms with Crippen LogP contribution in [0.2, 0.25) is 5.02 Å². The molecule has 9 heteroatoms. The second-order valence-corrected chi connectivity index (χ2v) is 8.65. The molecule has 31 heavy (non-hydrogen) atoms. The fourth-order valence-corrected chi connectivity index (χ4v) is 4.27. The quantitative estimate of drug-likeness (QED) is 0.397. The Kier molecular flexibility index (Phi) is 5.92. The SMILES string of the molecule is CCOc1ccccc1Nc1nc2ccccc2nc1NS(=O)(=O)c1cccc(Cl)c1. The van der Waals surface area contributed by atoms with Crippen molar-refractivity contribution in [2.24, 2.45) is 0 Å². The predicted octanol–water partition coefficient (Wildman–Crippen LogP) is 5.23. The molecular formula is C22H19ClN4O3S. The van der Waals surface area contributed by atoms with Crippen molar-refractivity contribution >= 4 is 50.0 Å². The van der Waals surface area contributed by atoms with Crippen molar-refractivity contribution in [2.75, 3.05) is 16.6 Å². The fraction of sp³-hybridized carbons (Fsp3) is 0.0909. The van der Waals surface area contributed by atoms with Gasteiger partial charge in [0.25, 0.3) is 10.0 Å². The number of nitrogens with one attached hydrogen (secondary N) is 2. The molecule has 0 unspecified atom stereocenters. The first-order chi connectivity index (χ1) is 15.0. The molecular weight excluding hydrogens is 436 g/mol. The van der Waals surface area contributed by atoms with Crippen molar-refractivity contribution in [1.82, 2.24) is 9.97 Å². The van der Waals surface area contributed by atoms with Gasteiger partial charge in [0.15, 0.2) is 11.6 Å². The van der Waals surface area contributed by atoms with Crippen molar-refractivity contribution in [3.05, 3.63) is 77.8 Å².